The molecule has 29 heavy (non-hydrogen) atoms. The van der Waals surface area contributed by atoms with Gasteiger partial charge in [-0.1, -0.05) is 29.7 Å². The van der Waals surface area contributed by atoms with Crippen LogP contribution in [0.25, 0.3) is 0 Å². The van der Waals surface area contributed by atoms with Gasteiger partial charge in [-0.15, -0.1) is 0 Å². The average Bonchev–Trinajstić information content (AvgIpc) is 2.73. The number of amides is 2. The first-order valence-corrected chi connectivity index (χ1v) is 10.3. The van der Waals surface area contributed by atoms with Crippen LogP contribution in [-0.2, 0) is 9.59 Å². The number of likely N-dealkylation sites (tertiary alicyclic amines) is 1. The number of hydrogen-bond donors (Lipinski definition) is 4. The van der Waals surface area contributed by atoms with Gasteiger partial charge in [-0.05, 0) is 50.1 Å². The maximum atomic E-state index is 12.6. The molecule has 0 aliphatic carbocycles. The summed E-state index contributed by atoms with van der Waals surface area (Å²) in [6.45, 7) is 4.83. The zero-order chi connectivity index (χ0) is 21.0. The maximum Gasteiger partial charge on any atom is 0.254 e. The Bertz CT molecular complexity index is 711. The molecule has 156 valence electrons. The van der Waals surface area contributed by atoms with Crippen molar-refractivity contribution in [3.05, 3.63) is 29.8 Å². The van der Waals surface area contributed by atoms with E-state index in [-0.39, 0.29) is 5.41 Å². The second-order valence-corrected chi connectivity index (χ2v) is 8.39. The van der Waals surface area contributed by atoms with Crippen LogP contribution in [-0.4, -0.2) is 73.2 Å². The van der Waals surface area contributed by atoms with Crippen molar-refractivity contribution in [3.63, 3.8) is 0 Å². The molecule has 1 spiro atoms. The van der Waals surface area contributed by atoms with E-state index >= 15 is 0 Å². The highest BCUT2D eigenvalue weighted by molar-refractivity contribution is 6.32. The van der Waals surface area contributed by atoms with Crippen molar-refractivity contribution in [2.24, 2.45) is 5.41 Å². The SMILES string of the molecule is [B]c1ccc([C@H](C)NC(=O)[C@H](O)[C@@H](O)C(=O)N2CCC3(CCCNC3)CC2)cc1. The first kappa shape index (κ1) is 21.8. The first-order valence-electron chi connectivity index (χ1n) is 10.3. The Hall–Kier alpha value is -1.90. The van der Waals surface area contributed by atoms with Crippen LogP contribution in [0.15, 0.2) is 24.3 Å². The van der Waals surface area contributed by atoms with Gasteiger partial charge in [0.05, 0.1) is 6.04 Å². The minimum absolute atomic E-state index is 0.227. The average molecular weight is 399 g/mol. The van der Waals surface area contributed by atoms with Crippen molar-refractivity contribution < 1.29 is 19.8 Å². The molecular weight excluding hydrogens is 369 g/mol. The number of aliphatic hydroxyl groups excluding tert-OH is 2. The summed E-state index contributed by atoms with van der Waals surface area (Å²) in [5.41, 5.74) is 1.65. The summed E-state index contributed by atoms with van der Waals surface area (Å²) >= 11 is 0. The van der Waals surface area contributed by atoms with Gasteiger partial charge in [-0.25, -0.2) is 0 Å². The van der Waals surface area contributed by atoms with Gasteiger partial charge in [0.25, 0.3) is 11.8 Å². The highest BCUT2D eigenvalue weighted by atomic mass is 16.3. The molecule has 2 heterocycles. The molecule has 1 aromatic carbocycles. The Morgan fingerprint density at radius 2 is 1.79 bits per heavy atom. The maximum absolute atomic E-state index is 12.6. The summed E-state index contributed by atoms with van der Waals surface area (Å²) in [5, 5.41) is 26.6. The van der Waals surface area contributed by atoms with Crippen molar-refractivity contribution >= 4 is 25.1 Å². The van der Waals surface area contributed by atoms with Crippen LogP contribution in [0.4, 0.5) is 0 Å². The Morgan fingerprint density at radius 3 is 2.38 bits per heavy atom. The molecule has 0 unspecified atom stereocenters. The second-order valence-electron chi connectivity index (χ2n) is 8.39. The van der Waals surface area contributed by atoms with Crippen LogP contribution < -0.4 is 16.1 Å². The van der Waals surface area contributed by atoms with E-state index in [9.17, 15) is 19.8 Å². The van der Waals surface area contributed by atoms with Crippen LogP contribution in [0, 0.1) is 5.41 Å². The standard InChI is InChI=1S/C21H30BN3O4/c1-14(15-3-5-16(22)6-4-15)24-19(28)17(26)18(27)20(29)25-11-8-21(9-12-25)7-2-10-23-13-21/h3-6,14,17-18,23,26-27H,2,7-13H2,1H3,(H,24,28)/t14-,17+,18+/m0/s1. The normalized spacial score (nSPS) is 22.0. The first-order chi connectivity index (χ1) is 13.8. The topological polar surface area (TPSA) is 102 Å². The van der Waals surface area contributed by atoms with E-state index in [1.54, 1.807) is 36.1 Å². The molecule has 3 rings (SSSR count). The second kappa shape index (κ2) is 9.28. The van der Waals surface area contributed by atoms with E-state index in [1.807, 2.05) is 0 Å². The van der Waals surface area contributed by atoms with Crippen molar-refractivity contribution in [3.8, 4) is 0 Å². The molecule has 8 heteroatoms. The molecule has 2 radical (unpaired) electrons. The Morgan fingerprint density at radius 1 is 1.14 bits per heavy atom. The fraction of sp³-hybridized carbons (Fsp3) is 0.619. The highest BCUT2D eigenvalue weighted by Crippen LogP contribution is 2.37. The monoisotopic (exact) mass is 399 g/mol. The van der Waals surface area contributed by atoms with Crippen LogP contribution in [0.5, 0.6) is 0 Å². The Kier molecular flexibility index (Phi) is 6.98. The van der Waals surface area contributed by atoms with Crippen LogP contribution in [0.3, 0.4) is 0 Å². The number of benzene rings is 1. The highest BCUT2D eigenvalue weighted by Gasteiger charge is 2.40. The lowest BCUT2D eigenvalue weighted by molar-refractivity contribution is -0.155. The summed E-state index contributed by atoms with van der Waals surface area (Å²) in [7, 11) is 5.66. The number of piperidine rings is 2. The molecule has 4 N–H and O–H groups in total. The third-order valence-corrected chi connectivity index (χ3v) is 6.31. The Balaban J connectivity index is 1.52. The lowest BCUT2D eigenvalue weighted by Gasteiger charge is -2.44. The molecule has 1 aromatic rings. The number of carbonyl (C=O) groups is 2. The van der Waals surface area contributed by atoms with Crippen molar-refractivity contribution in [1.82, 2.24) is 15.5 Å². The zero-order valence-electron chi connectivity index (χ0n) is 16.9. The molecule has 2 saturated heterocycles. The fourth-order valence-corrected chi connectivity index (χ4v) is 4.29. The van der Waals surface area contributed by atoms with E-state index in [2.05, 4.69) is 10.6 Å². The summed E-state index contributed by atoms with van der Waals surface area (Å²) in [4.78, 5) is 26.5. The lowest BCUT2D eigenvalue weighted by atomic mass is 9.73. The molecule has 0 bridgehead atoms. The fourth-order valence-electron chi connectivity index (χ4n) is 4.29. The largest absolute Gasteiger partial charge is 0.380 e. The molecule has 3 atom stereocenters. The molecule has 2 amide bonds. The summed E-state index contributed by atoms with van der Waals surface area (Å²) in [6.07, 6.45) is 0.447. The van der Waals surface area contributed by atoms with E-state index < -0.39 is 30.1 Å². The predicted molar refractivity (Wildman–Crippen MR) is 111 cm³/mol. The van der Waals surface area contributed by atoms with Gasteiger partial charge < -0.3 is 25.7 Å². The molecule has 2 aliphatic rings. The number of nitrogens with zero attached hydrogens (tertiary/aromatic N) is 1. The number of aliphatic hydroxyl groups is 2. The molecule has 2 fully saturated rings. The van der Waals surface area contributed by atoms with Crippen LogP contribution in [0.1, 0.15) is 44.2 Å². The van der Waals surface area contributed by atoms with Crippen molar-refractivity contribution in [2.75, 3.05) is 26.2 Å². The third kappa shape index (κ3) is 5.18. The molecule has 0 saturated carbocycles. The van der Waals surface area contributed by atoms with Gasteiger partial charge in [0.2, 0.25) is 0 Å². The van der Waals surface area contributed by atoms with E-state index in [0.717, 1.165) is 44.3 Å². The van der Waals surface area contributed by atoms with E-state index in [1.165, 1.54) is 0 Å². The lowest BCUT2D eigenvalue weighted by Crippen LogP contribution is -2.55. The van der Waals surface area contributed by atoms with Gasteiger partial charge in [0, 0.05) is 19.6 Å². The summed E-state index contributed by atoms with van der Waals surface area (Å²) in [5.74, 6) is -1.37. The van der Waals surface area contributed by atoms with Crippen molar-refractivity contribution in [1.29, 1.82) is 0 Å². The van der Waals surface area contributed by atoms with Crippen LogP contribution in [0.2, 0.25) is 0 Å². The third-order valence-electron chi connectivity index (χ3n) is 6.31. The van der Waals surface area contributed by atoms with Gasteiger partial charge in [-0.3, -0.25) is 9.59 Å². The molecule has 7 nitrogen and oxygen atoms in total. The number of hydrogen-bond acceptors (Lipinski definition) is 5. The quantitative estimate of drug-likeness (QED) is 0.494. The van der Waals surface area contributed by atoms with E-state index in [0.29, 0.717) is 18.6 Å². The number of carbonyl (C=O) groups excluding carboxylic acids is 2. The van der Waals surface area contributed by atoms with Crippen LogP contribution >= 0.6 is 0 Å². The smallest absolute Gasteiger partial charge is 0.254 e. The van der Waals surface area contributed by atoms with Gasteiger partial charge in [0.15, 0.2) is 12.2 Å². The van der Waals surface area contributed by atoms with Gasteiger partial charge >= 0.3 is 0 Å². The van der Waals surface area contributed by atoms with Gasteiger partial charge in [-0.2, -0.15) is 0 Å². The number of nitrogens with one attached hydrogen (secondary N) is 2. The number of rotatable bonds is 5. The molecule has 2 aliphatic heterocycles. The summed E-state index contributed by atoms with van der Waals surface area (Å²) in [6, 6.07) is 6.60. The predicted octanol–water partition coefficient (Wildman–Crippen LogP) is -0.628. The zero-order valence-corrected chi connectivity index (χ0v) is 16.9. The minimum atomic E-state index is -1.81. The van der Waals surface area contributed by atoms with Crippen molar-refractivity contribution in [2.45, 2.75) is 50.9 Å². The minimum Gasteiger partial charge on any atom is -0.380 e. The molecule has 0 aromatic heterocycles. The van der Waals surface area contributed by atoms with Gasteiger partial charge in [0.1, 0.15) is 7.85 Å². The Labute approximate surface area is 173 Å². The van der Waals surface area contributed by atoms with E-state index in [4.69, 9.17) is 7.85 Å². The summed E-state index contributed by atoms with van der Waals surface area (Å²) < 4.78 is 0. The molecular formula is C21H30BN3O4.